The molecule has 3 unspecified atom stereocenters. The van der Waals surface area contributed by atoms with Crippen molar-refractivity contribution in [2.24, 2.45) is 11.8 Å². The Bertz CT molecular complexity index is 710. The van der Waals surface area contributed by atoms with E-state index in [0.717, 1.165) is 25.0 Å². The predicted molar refractivity (Wildman–Crippen MR) is 99.2 cm³/mol. The SMILES string of the molecule is CC(C)Cc1cc(C(=O)N2CCCC2C2COCCC2(C)O)cc(=O)[nH]1. The number of H-pyrrole nitrogens is 1. The number of aromatic nitrogens is 1. The van der Waals surface area contributed by atoms with Gasteiger partial charge in [-0.05, 0) is 44.6 Å². The smallest absolute Gasteiger partial charge is 0.254 e. The Morgan fingerprint density at radius 3 is 2.92 bits per heavy atom. The lowest BCUT2D eigenvalue weighted by Gasteiger charge is -2.43. The van der Waals surface area contributed by atoms with Crippen molar-refractivity contribution < 1.29 is 14.6 Å². The van der Waals surface area contributed by atoms with Crippen LogP contribution in [0.1, 0.15) is 56.1 Å². The summed E-state index contributed by atoms with van der Waals surface area (Å²) in [6.45, 7) is 7.67. The number of nitrogens with one attached hydrogen (secondary N) is 1. The predicted octanol–water partition coefficient (Wildman–Crippen LogP) is 1.97. The molecule has 2 N–H and O–H groups in total. The number of nitrogens with zero attached hydrogens (tertiary/aromatic N) is 1. The van der Waals surface area contributed by atoms with E-state index >= 15 is 0 Å². The number of likely N-dealkylation sites (tertiary alicyclic amines) is 1. The molecule has 0 aromatic carbocycles. The number of ether oxygens (including phenoxy) is 1. The fourth-order valence-electron chi connectivity index (χ4n) is 4.28. The third kappa shape index (κ3) is 4.01. The van der Waals surface area contributed by atoms with Crippen molar-refractivity contribution in [2.75, 3.05) is 19.8 Å². The van der Waals surface area contributed by atoms with Gasteiger partial charge in [0, 0.05) is 42.4 Å². The zero-order valence-corrected chi connectivity index (χ0v) is 16.0. The minimum absolute atomic E-state index is 0.0503. The minimum Gasteiger partial charge on any atom is -0.390 e. The number of aromatic amines is 1. The van der Waals surface area contributed by atoms with Crippen LogP contribution < -0.4 is 5.56 Å². The van der Waals surface area contributed by atoms with E-state index in [-0.39, 0.29) is 23.4 Å². The van der Waals surface area contributed by atoms with Crippen LogP contribution in [0.3, 0.4) is 0 Å². The molecule has 1 aromatic rings. The van der Waals surface area contributed by atoms with Gasteiger partial charge in [-0.15, -0.1) is 0 Å². The summed E-state index contributed by atoms with van der Waals surface area (Å²) in [5.41, 5.74) is 0.158. The molecule has 144 valence electrons. The van der Waals surface area contributed by atoms with E-state index in [4.69, 9.17) is 4.74 Å². The number of amides is 1. The normalized spacial score (nSPS) is 29.3. The van der Waals surface area contributed by atoms with Crippen molar-refractivity contribution in [3.05, 3.63) is 33.7 Å². The molecular formula is C20H30N2O4. The van der Waals surface area contributed by atoms with Gasteiger partial charge in [0.2, 0.25) is 5.56 Å². The average Bonchev–Trinajstić information content (AvgIpc) is 3.01. The van der Waals surface area contributed by atoms with Crippen LogP contribution in [0.15, 0.2) is 16.9 Å². The minimum atomic E-state index is -0.831. The van der Waals surface area contributed by atoms with Gasteiger partial charge in [0.05, 0.1) is 12.2 Å². The molecule has 1 amide bonds. The van der Waals surface area contributed by atoms with E-state index in [1.165, 1.54) is 6.07 Å². The van der Waals surface area contributed by atoms with E-state index in [1.54, 1.807) is 6.07 Å². The number of carbonyl (C=O) groups is 1. The van der Waals surface area contributed by atoms with E-state index in [2.05, 4.69) is 18.8 Å². The lowest BCUT2D eigenvalue weighted by Crippen LogP contribution is -2.53. The molecule has 3 heterocycles. The molecule has 0 spiro atoms. The number of hydrogen-bond acceptors (Lipinski definition) is 4. The molecule has 1 aromatic heterocycles. The summed E-state index contributed by atoms with van der Waals surface area (Å²) in [6, 6.07) is 3.14. The van der Waals surface area contributed by atoms with E-state index in [9.17, 15) is 14.7 Å². The summed E-state index contributed by atoms with van der Waals surface area (Å²) in [4.78, 5) is 29.8. The second-order valence-corrected chi connectivity index (χ2v) is 8.35. The lowest BCUT2D eigenvalue weighted by atomic mass is 9.79. The van der Waals surface area contributed by atoms with Gasteiger partial charge in [-0.1, -0.05) is 13.8 Å². The van der Waals surface area contributed by atoms with Crippen LogP contribution in [0.4, 0.5) is 0 Å². The molecule has 6 nitrogen and oxygen atoms in total. The molecule has 3 rings (SSSR count). The molecule has 0 radical (unpaired) electrons. The largest absolute Gasteiger partial charge is 0.390 e. The van der Waals surface area contributed by atoms with Crippen LogP contribution in [0.5, 0.6) is 0 Å². The van der Waals surface area contributed by atoms with Crippen molar-refractivity contribution in [2.45, 2.75) is 58.1 Å². The van der Waals surface area contributed by atoms with Crippen LogP contribution >= 0.6 is 0 Å². The maximum absolute atomic E-state index is 13.2. The van der Waals surface area contributed by atoms with Crippen molar-refractivity contribution in [1.82, 2.24) is 9.88 Å². The highest BCUT2D eigenvalue weighted by molar-refractivity contribution is 5.94. The second kappa shape index (κ2) is 7.53. The van der Waals surface area contributed by atoms with Gasteiger partial charge < -0.3 is 19.7 Å². The molecular weight excluding hydrogens is 332 g/mol. The number of rotatable bonds is 4. The van der Waals surface area contributed by atoms with Crippen LogP contribution in [-0.4, -0.2) is 52.3 Å². The maximum Gasteiger partial charge on any atom is 0.254 e. The summed E-state index contributed by atoms with van der Waals surface area (Å²) in [5.74, 6) is 0.176. The zero-order valence-electron chi connectivity index (χ0n) is 16.0. The monoisotopic (exact) mass is 362 g/mol. The second-order valence-electron chi connectivity index (χ2n) is 8.35. The standard InChI is InChI=1S/C20H30N2O4/c1-13(2)9-15-10-14(11-18(23)21-15)19(24)22-7-4-5-17(22)16-12-26-8-6-20(16,3)25/h10-11,13,16-17,25H,4-9,12H2,1-3H3,(H,21,23). The Hall–Kier alpha value is -1.66. The van der Waals surface area contributed by atoms with E-state index in [1.807, 2.05) is 11.8 Å². The fraction of sp³-hybridized carbons (Fsp3) is 0.700. The number of aliphatic hydroxyl groups is 1. The molecule has 26 heavy (non-hydrogen) atoms. The third-order valence-corrected chi connectivity index (χ3v) is 5.65. The summed E-state index contributed by atoms with van der Waals surface area (Å²) in [7, 11) is 0. The molecule has 2 aliphatic rings. The Kier molecular flexibility index (Phi) is 5.53. The van der Waals surface area contributed by atoms with Crippen LogP contribution in [-0.2, 0) is 11.2 Å². The molecule has 2 saturated heterocycles. The quantitative estimate of drug-likeness (QED) is 0.858. The Balaban J connectivity index is 1.84. The van der Waals surface area contributed by atoms with Gasteiger partial charge in [0.15, 0.2) is 0 Å². The highest BCUT2D eigenvalue weighted by Crippen LogP contribution is 2.36. The van der Waals surface area contributed by atoms with Gasteiger partial charge in [0.1, 0.15) is 0 Å². The summed E-state index contributed by atoms with van der Waals surface area (Å²) >= 11 is 0. The van der Waals surface area contributed by atoms with E-state index < -0.39 is 5.60 Å². The van der Waals surface area contributed by atoms with Gasteiger partial charge in [-0.2, -0.15) is 0 Å². The first-order valence-corrected chi connectivity index (χ1v) is 9.62. The Morgan fingerprint density at radius 2 is 2.23 bits per heavy atom. The van der Waals surface area contributed by atoms with Crippen molar-refractivity contribution in [1.29, 1.82) is 0 Å². The van der Waals surface area contributed by atoms with Crippen LogP contribution in [0, 0.1) is 11.8 Å². The first-order chi connectivity index (χ1) is 12.3. The highest BCUT2D eigenvalue weighted by Gasteiger charge is 2.45. The average molecular weight is 362 g/mol. The van der Waals surface area contributed by atoms with Gasteiger partial charge in [0.25, 0.3) is 5.91 Å². The summed E-state index contributed by atoms with van der Waals surface area (Å²) in [6.07, 6.45) is 3.08. The number of pyridine rings is 1. The van der Waals surface area contributed by atoms with Crippen LogP contribution in [0.2, 0.25) is 0 Å². The topological polar surface area (TPSA) is 82.6 Å². The van der Waals surface area contributed by atoms with Crippen molar-refractivity contribution in [3.63, 3.8) is 0 Å². The third-order valence-electron chi connectivity index (χ3n) is 5.65. The van der Waals surface area contributed by atoms with Crippen molar-refractivity contribution >= 4 is 5.91 Å². The summed E-state index contributed by atoms with van der Waals surface area (Å²) in [5, 5.41) is 10.8. The van der Waals surface area contributed by atoms with Crippen molar-refractivity contribution in [3.8, 4) is 0 Å². The highest BCUT2D eigenvalue weighted by atomic mass is 16.5. The first kappa shape index (κ1) is 19.1. The Labute approximate surface area is 154 Å². The first-order valence-electron chi connectivity index (χ1n) is 9.62. The molecule has 2 fully saturated rings. The van der Waals surface area contributed by atoms with E-state index in [0.29, 0.717) is 37.7 Å². The Morgan fingerprint density at radius 1 is 1.46 bits per heavy atom. The number of hydrogen-bond donors (Lipinski definition) is 2. The molecule has 3 atom stereocenters. The lowest BCUT2D eigenvalue weighted by molar-refractivity contribution is -0.119. The molecule has 0 saturated carbocycles. The molecule has 6 heteroatoms. The molecule has 0 bridgehead atoms. The molecule has 2 aliphatic heterocycles. The van der Waals surface area contributed by atoms with Crippen LogP contribution in [0.25, 0.3) is 0 Å². The maximum atomic E-state index is 13.2. The summed E-state index contributed by atoms with van der Waals surface area (Å²) < 4.78 is 5.59. The van der Waals surface area contributed by atoms with Gasteiger partial charge in [-0.25, -0.2) is 0 Å². The van der Waals surface area contributed by atoms with Gasteiger partial charge in [-0.3, -0.25) is 9.59 Å². The fourth-order valence-corrected chi connectivity index (χ4v) is 4.28. The molecule has 0 aliphatic carbocycles. The number of carbonyl (C=O) groups excluding carboxylic acids is 1. The van der Waals surface area contributed by atoms with Gasteiger partial charge >= 0.3 is 0 Å². The zero-order chi connectivity index (χ0) is 18.9.